The van der Waals surface area contributed by atoms with Gasteiger partial charge in [0.15, 0.2) is 5.13 Å². The molecule has 1 amide bonds. The van der Waals surface area contributed by atoms with Gasteiger partial charge in [-0.15, -0.1) is 12.4 Å². The van der Waals surface area contributed by atoms with Crippen LogP contribution >= 0.6 is 35.3 Å². The molecule has 0 N–H and O–H groups in total. The Bertz CT molecular complexity index is 1060. The number of unbranched alkanes of at least 4 members (excludes halogenated alkanes) is 1. The monoisotopic (exact) mass is 523 g/mol. The largest absolute Gasteiger partial charge is 0.494 e. The number of hydrogen-bond donors (Lipinski definition) is 0. The highest BCUT2D eigenvalue weighted by Gasteiger charge is 2.22. The van der Waals surface area contributed by atoms with Crippen molar-refractivity contribution < 1.29 is 14.3 Å². The standard InChI is InChI=1S/C25H30ClN3O3S.ClH/c1-2-3-16-32-20-10-8-19(9-11-20)24(30)29(13-5-12-28-14-17-31-18-15-28)25-27-23-21(26)6-4-7-22(23)33-25;/h4,6-11H,2-3,5,12-18H2,1H3;1H. The molecule has 1 saturated heterocycles. The van der Waals surface area contributed by atoms with Gasteiger partial charge in [-0.25, -0.2) is 4.98 Å². The second kappa shape index (κ2) is 13.3. The van der Waals surface area contributed by atoms with E-state index < -0.39 is 0 Å². The van der Waals surface area contributed by atoms with E-state index in [-0.39, 0.29) is 18.3 Å². The molecule has 34 heavy (non-hydrogen) atoms. The molecule has 184 valence electrons. The van der Waals surface area contributed by atoms with E-state index in [2.05, 4.69) is 11.8 Å². The van der Waals surface area contributed by atoms with Gasteiger partial charge in [-0.1, -0.05) is 42.3 Å². The van der Waals surface area contributed by atoms with Crippen LogP contribution in [0, 0.1) is 0 Å². The van der Waals surface area contributed by atoms with Crippen molar-refractivity contribution in [2.75, 3.05) is 50.9 Å². The molecule has 0 bridgehead atoms. The molecule has 0 spiro atoms. The summed E-state index contributed by atoms with van der Waals surface area (Å²) in [4.78, 5) is 22.4. The van der Waals surface area contributed by atoms with Gasteiger partial charge in [0.1, 0.15) is 11.3 Å². The number of para-hydroxylation sites is 1. The lowest BCUT2D eigenvalue weighted by Crippen LogP contribution is -2.39. The minimum absolute atomic E-state index is 0. The zero-order valence-corrected chi connectivity index (χ0v) is 21.8. The number of fused-ring (bicyclic) bond motifs is 1. The molecule has 9 heteroatoms. The number of carbonyl (C=O) groups excluding carboxylic acids is 1. The molecule has 1 aliphatic rings. The first-order valence-corrected chi connectivity index (χ1v) is 12.7. The van der Waals surface area contributed by atoms with E-state index in [1.165, 1.54) is 11.3 Å². The average Bonchev–Trinajstić information content (AvgIpc) is 3.28. The van der Waals surface area contributed by atoms with Crippen LogP contribution in [0.5, 0.6) is 5.75 Å². The number of halogens is 2. The van der Waals surface area contributed by atoms with E-state index in [1.54, 1.807) is 4.90 Å². The Morgan fingerprint density at radius 2 is 1.94 bits per heavy atom. The molecule has 6 nitrogen and oxygen atoms in total. The van der Waals surface area contributed by atoms with Gasteiger partial charge in [-0.05, 0) is 49.2 Å². The molecule has 3 aromatic rings. The molecular formula is C25H31Cl2N3O3S. The Hall–Kier alpha value is -1.90. The Morgan fingerprint density at radius 3 is 2.65 bits per heavy atom. The summed E-state index contributed by atoms with van der Waals surface area (Å²) in [5.41, 5.74) is 1.36. The molecule has 1 aliphatic heterocycles. The van der Waals surface area contributed by atoms with E-state index in [1.807, 2.05) is 42.5 Å². The van der Waals surface area contributed by atoms with Crippen LogP contribution in [-0.2, 0) is 4.74 Å². The number of morpholine rings is 1. The van der Waals surface area contributed by atoms with Crippen molar-refractivity contribution in [2.45, 2.75) is 26.2 Å². The summed E-state index contributed by atoms with van der Waals surface area (Å²) in [5, 5.41) is 1.28. The molecule has 1 aromatic heterocycles. The third-order valence-electron chi connectivity index (χ3n) is 5.66. The summed E-state index contributed by atoms with van der Waals surface area (Å²) >= 11 is 7.85. The fourth-order valence-corrected chi connectivity index (χ4v) is 5.05. The van der Waals surface area contributed by atoms with Crippen LogP contribution in [0.1, 0.15) is 36.5 Å². The third-order valence-corrected chi connectivity index (χ3v) is 7.01. The number of aromatic nitrogens is 1. The number of benzene rings is 2. The smallest absolute Gasteiger partial charge is 0.260 e. The number of thiazole rings is 1. The summed E-state index contributed by atoms with van der Waals surface area (Å²) in [5.74, 6) is 0.720. The highest BCUT2D eigenvalue weighted by atomic mass is 35.5. The number of carbonyl (C=O) groups is 1. The molecule has 0 unspecified atom stereocenters. The van der Waals surface area contributed by atoms with Crippen LogP contribution in [0.4, 0.5) is 5.13 Å². The highest BCUT2D eigenvalue weighted by molar-refractivity contribution is 7.22. The number of ether oxygens (including phenoxy) is 2. The molecule has 0 radical (unpaired) electrons. The second-order valence-corrected chi connectivity index (χ2v) is 9.49. The first kappa shape index (κ1) is 26.7. The van der Waals surface area contributed by atoms with E-state index in [9.17, 15) is 4.79 Å². The summed E-state index contributed by atoms with van der Waals surface area (Å²) in [6, 6.07) is 13.1. The van der Waals surface area contributed by atoms with Gasteiger partial charge >= 0.3 is 0 Å². The Balaban J connectivity index is 0.00000324. The second-order valence-electron chi connectivity index (χ2n) is 8.07. The van der Waals surface area contributed by atoms with E-state index >= 15 is 0 Å². The van der Waals surface area contributed by atoms with Crippen LogP contribution in [-0.4, -0.2) is 61.8 Å². The molecule has 4 rings (SSSR count). The maximum atomic E-state index is 13.5. The zero-order valence-electron chi connectivity index (χ0n) is 19.4. The summed E-state index contributed by atoms with van der Waals surface area (Å²) in [6.45, 7) is 7.73. The third kappa shape index (κ3) is 6.83. The lowest BCUT2D eigenvalue weighted by Gasteiger charge is -2.27. The predicted octanol–water partition coefficient (Wildman–Crippen LogP) is 5.92. The fraction of sp³-hybridized carbons (Fsp3) is 0.440. The van der Waals surface area contributed by atoms with Gasteiger partial charge < -0.3 is 9.47 Å². The van der Waals surface area contributed by atoms with Crippen molar-refractivity contribution in [3.8, 4) is 5.75 Å². The number of nitrogens with zero attached hydrogens (tertiary/aromatic N) is 3. The summed E-state index contributed by atoms with van der Waals surface area (Å²) < 4.78 is 12.2. The van der Waals surface area contributed by atoms with Crippen molar-refractivity contribution in [2.24, 2.45) is 0 Å². The topological polar surface area (TPSA) is 54.9 Å². The maximum Gasteiger partial charge on any atom is 0.260 e. The van der Waals surface area contributed by atoms with E-state index in [4.69, 9.17) is 26.1 Å². The van der Waals surface area contributed by atoms with Gasteiger partial charge in [-0.3, -0.25) is 14.6 Å². The first-order chi connectivity index (χ1) is 16.2. The number of anilines is 1. The quantitative estimate of drug-likeness (QED) is 0.308. The molecule has 1 fully saturated rings. The predicted molar refractivity (Wildman–Crippen MR) is 142 cm³/mol. The van der Waals surface area contributed by atoms with Crippen molar-refractivity contribution in [1.82, 2.24) is 9.88 Å². The molecule has 0 aliphatic carbocycles. The van der Waals surface area contributed by atoms with Crippen LogP contribution in [0.2, 0.25) is 5.02 Å². The number of hydrogen-bond acceptors (Lipinski definition) is 6. The van der Waals surface area contributed by atoms with Crippen molar-refractivity contribution >= 4 is 56.6 Å². The molecule has 2 aromatic carbocycles. The molecule has 2 heterocycles. The normalized spacial score (nSPS) is 14.1. The Labute approximate surface area is 216 Å². The zero-order chi connectivity index (χ0) is 23.0. The summed E-state index contributed by atoms with van der Waals surface area (Å²) in [6.07, 6.45) is 2.95. The van der Waals surface area contributed by atoms with Crippen LogP contribution in [0.3, 0.4) is 0 Å². The lowest BCUT2D eigenvalue weighted by molar-refractivity contribution is 0.0376. The average molecular weight is 525 g/mol. The highest BCUT2D eigenvalue weighted by Crippen LogP contribution is 2.33. The van der Waals surface area contributed by atoms with Crippen LogP contribution in [0.15, 0.2) is 42.5 Å². The van der Waals surface area contributed by atoms with Gasteiger partial charge in [0.2, 0.25) is 0 Å². The fourth-order valence-electron chi connectivity index (χ4n) is 3.76. The summed E-state index contributed by atoms with van der Waals surface area (Å²) in [7, 11) is 0. The minimum Gasteiger partial charge on any atom is -0.494 e. The van der Waals surface area contributed by atoms with Crippen molar-refractivity contribution in [1.29, 1.82) is 0 Å². The molecule has 0 atom stereocenters. The number of amides is 1. The van der Waals surface area contributed by atoms with Gasteiger partial charge in [0.05, 0.1) is 29.5 Å². The van der Waals surface area contributed by atoms with E-state index in [0.29, 0.717) is 28.9 Å². The minimum atomic E-state index is -0.0627. The van der Waals surface area contributed by atoms with Gasteiger partial charge in [0.25, 0.3) is 5.91 Å². The molecular weight excluding hydrogens is 493 g/mol. The van der Waals surface area contributed by atoms with Gasteiger partial charge in [-0.2, -0.15) is 0 Å². The number of rotatable bonds is 10. The Kier molecular flexibility index (Phi) is 10.4. The van der Waals surface area contributed by atoms with Crippen LogP contribution in [0.25, 0.3) is 10.2 Å². The lowest BCUT2D eigenvalue weighted by atomic mass is 10.2. The van der Waals surface area contributed by atoms with Crippen LogP contribution < -0.4 is 9.64 Å². The Morgan fingerprint density at radius 1 is 1.18 bits per heavy atom. The van der Waals surface area contributed by atoms with Crippen molar-refractivity contribution in [3.63, 3.8) is 0 Å². The van der Waals surface area contributed by atoms with E-state index in [0.717, 1.165) is 68.1 Å². The van der Waals surface area contributed by atoms with Crippen molar-refractivity contribution in [3.05, 3.63) is 53.1 Å². The first-order valence-electron chi connectivity index (χ1n) is 11.6. The maximum absolute atomic E-state index is 13.5. The SMILES string of the molecule is CCCCOc1ccc(C(=O)N(CCCN2CCOCC2)c2nc3c(Cl)cccc3s2)cc1.Cl. The van der Waals surface area contributed by atoms with Gasteiger partial charge in [0, 0.05) is 31.7 Å². The molecule has 0 saturated carbocycles.